The predicted octanol–water partition coefficient (Wildman–Crippen LogP) is -0.0478. The third-order valence-corrected chi connectivity index (χ3v) is 4.12. The monoisotopic (exact) mass is 240 g/mol. The summed E-state index contributed by atoms with van der Waals surface area (Å²) in [4.78, 5) is 17.4. The second-order valence-corrected chi connectivity index (χ2v) is 5.96. The SMILES string of the molecule is O=C(c1ccccn1)N1CCS(=O)(=O)CC1. The Morgan fingerprint density at radius 3 is 2.50 bits per heavy atom. The molecule has 1 aliphatic heterocycles. The fourth-order valence-corrected chi connectivity index (χ4v) is 2.77. The van der Waals surface area contributed by atoms with Gasteiger partial charge in [0.1, 0.15) is 5.69 Å². The van der Waals surface area contributed by atoms with E-state index >= 15 is 0 Å². The van der Waals surface area contributed by atoms with Crippen molar-refractivity contribution in [2.45, 2.75) is 0 Å². The Labute approximate surface area is 94.0 Å². The molecule has 1 fully saturated rings. The van der Waals surface area contributed by atoms with Gasteiger partial charge < -0.3 is 4.90 Å². The van der Waals surface area contributed by atoms with Gasteiger partial charge >= 0.3 is 0 Å². The van der Waals surface area contributed by atoms with E-state index in [0.29, 0.717) is 5.69 Å². The van der Waals surface area contributed by atoms with Gasteiger partial charge in [-0.15, -0.1) is 0 Å². The lowest BCUT2D eigenvalue weighted by Crippen LogP contribution is -2.43. The summed E-state index contributed by atoms with van der Waals surface area (Å²) in [6, 6.07) is 5.10. The molecule has 0 N–H and O–H groups in total. The van der Waals surface area contributed by atoms with Crippen LogP contribution in [-0.4, -0.2) is 48.8 Å². The highest BCUT2D eigenvalue weighted by atomic mass is 32.2. The van der Waals surface area contributed by atoms with Crippen LogP contribution in [0.25, 0.3) is 0 Å². The zero-order chi connectivity index (χ0) is 11.6. The van der Waals surface area contributed by atoms with Gasteiger partial charge in [-0.2, -0.15) is 0 Å². The third-order valence-electron chi connectivity index (χ3n) is 2.52. The van der Waals surface area contributed by atoms with Crippen LogP contribution in [0.3, 0.4) is 0 Å². The van der Waals surface area contributed by atoms with Crippen LogP contribution in [-0.2, 0) is 9.84 Å². The number of hydrogen-bond acceptors (Lipinski definition) is 4. The number of nitrogens with zero attached hydrogens (tertiary/aromatic N) is 2. The molecular weight excluding hydrogens is 228 g/mol. The molecule has 5 nitrogen and oxygen atoms in total. The second kappa shape index (κ2) is 4.21. The normalized spacial score (nSPS) is 19.4. The minimum Gasteiger partial charge on any atom is -0.335 e. The maximum atomic E-state index is 11.9. The summed E-state index contributed by atoms with van der Waals surface area (Å²) in [6.45, 7) is 0.523. The molecule has 6 heteroatoms. The number of carbonyl (C=O) groups is 1. The molecule has 2 rings (SSSR count). The third kappa shape index (κ3) is 2.38. The van der Waals surface area contributed by atoms with E-state index in [4.69, 9.17) is 0 Å². The first-order valence-corrected chi connectivity index (χ1v) is 6.81. The highest BCUT2D eigenvalue weighted by Gasteiger charge is 2.25. The van der Waals surface area contributed by atoms with Crippen molar-refractivity contribution in [2.24, 2.45) is 0 Å². The Hall–Kier alpha value is -1.43. The molecular formula is C10H12N2O3S. The van der Waals surface area contributed by atoms with Crippen molar-refractivity contribution in [3.63, 3.8) is 0 Å². The van der Waals surface area contributed by atoms with Gasteiger partial charge in [0.25, 0.3) is 5.91 Å². The molecule has 2 heterocycles. The van der Waals surface area contributed by atoms with Crippen LogP contribution < -0.4 is 0 Å². The Morgan fingerprint density at radius 2 is 1.94 bits per heavy atom. The van der Waals surface area contributed by atoms with Gasteiger partial charge in [0, 0.05) is 19.3 Å². The lowest BCUT2D eigenvalue weighted by atomic mass is 10.3. The first-order valence-electron chi connectivity index (χ1n) is 4.99. The summed E-state index contributed by atoms with van der Waals surface area (Å²) in [6.07, 6.45) is 1.55. The molecule has 16 heavy (non-hydrogen) atoms. The number of sulfone groups is 1. The smallest absolute Gasteiger partial charge is 0.272 e. The number of aromatic nitrogens is 1. The van der Waals surface area contributed by atoms with E-state index in [1.165, 1.54) is 4.90 Å². The molecule has 1 saturated heterocycles. The van der Waals surface area contributed by atoms with E-state index in [1.54, 1.807) is 24.4 Å². The average Bonchev–Trinajstić information content (AvgIpc) is 2.29. The van der Waals surface area contributed by atoms with E-state index in [0.717, 1.165) is 0 Å². The fraction of sp³-hybridized carbons (Fsp3) is 0.400. The van der Waals surface area contributed by atoms with Gasteiger partial charge in [-0.1, -0.05) is 6.07 Å². The molecule has 1 aliphatic rings. The number of hydrogen-bond donors (Lipinski definition) is 0. The quantitative estimate of drug-likeness (QED) is 0.690. The Balaban J connectivity index is 2.08. The van der Waals surface area contributed by atoms with Gasteiger partial charge in [0.05, 0.1) is 11.5 Å². The molecule has 0 spiro atoms. The van der Waals surface area contributed by atoms with E-state index in [2.05, 4.69) is 4.98 Å². The van der Waals surface area contributed by atoms with E-state index < -0.39 is 9.84 Å². The Morgan fingerprint density at radius 1 is 1.25 bits per heavy atom. The van der Waals surface area contributed by atoms with Gasteiger partial charge in [-0.3, -0.25) is 9.78 Å². The molecule has 0 atom stereocenters. The summed E-state index contributed by atoms with van der Waals surface area (Å²) in [7, 11) is -2.95. The largest absolute Gasteiger partial charge is 0.335 e. The second-order valence-electron chi connectivity index (χ2n) is 3.66. The maximum absolute atomic E-state index is 11.9. The van der Waals surface area contributed by atoms with Crippen molar-refractivity contribution in [3.8, 4) is 0 Å². The predicted molar refractivity (Wildman–Crippen MR) is 58.8 cm³/mol. The minimum absolute atomic E-state index is 0.0472. The summed E-state index contributed by atoms with van der Waals surface area (Å²) in [5.41, 5.74) is 0.363. The fourth-order valence-electron chi connectivity index (χ4n) is 1.57. The summed E-state index contributed by atoms with van der Waals surface area (Å²) in [5, 5.41) is 0. The van der Waals surface area contributed by atoms with E-state index in [9.17, 15) is 13.2 Å². The Kier molecular flexibility index (Phi) is 2.91. The first-order chi connectivity index (χ1) is 7.58. The van der Waals surface area contributed by atoms with Crippen molar-refractivity contribution >= 4 is 15.7 Å². The number of carbonyl (C=O) groups excluding carboxylic acids is 1. The van der Waals surface area contributed by atoms with Gasteiger partial charge in [-0.25, -0.2) is 8.42 Å². The molecule has 0 unspecified atom stereocenters. The topological polar surface area (TPSA) is 67.3 Å². The van der Waals surface area contributed by atoms with Crippen molar-refractivity contribution in [1.29, 1.82) is 0 Å². The van der Waals surface area contributed by atoms with Crippen LogP contribution in [0.4, 0.5) is 0 Å². The molecule has 86 valence electrons. The molecule has 0 aromatic carbocycles. The molecule has 1 amide bonds. The molecule has 0 radical (unpaired) electrons. The van der Waals surface area contributed by atoms with Gasteiger partial charge in [0.2, 0.25) is 0 Å². The zero-order valence-corrected chi connectivity index (χ0v) is 9.48. The highest BCUT2D eigenvalue weighted by Crippen LogP contribution is 2.07. The van der Waals surface area contributed by atoms with Crippen LogP contribution in [0, 0.1) is 0 Å². The van der Waals surface area contributed by atoms with Crippen molar-refractivity contribution < 1.29 is 13.2 Å². The Bertz CT molecular complexity index is 470. The van der Waals surface area contributed by atoms with Crippen molar-refractivity contribution in [2.75, 3.05) is 24.6 Å². The standard InChI is InChI=1S/C10H12N2O3S/c13-10(9-3-1-2-4-11-9)12-5-7-16(14,15)8-6-12/h1-4H,5-8H2. The summed E-state index contributed by atoms with van der Waals surface area (Å²) in [5.74, 6) is -0.104. The van der Waals surface area contributed by atoms with E-state index in [1.807, 2.05) is 0 Å². The highest BCUT2D eigenvalue weighted by molar-refractivity contribution is 7.91. The lowest BCUT2D eigenvalue weighted by Gasteiger charge is -2.26. The van der Waals surface area contributed by atoms with Crippen molar-refractivity contribution in [1.82, 2.24) is 9.88 Å². The van der Waals surface area contributed by atoms with Crippen LogP contribution in [0.1, 0.15) is 10.5 Å². The van der Waals surface area contributed by atoms with Crippen LogP contribution in [0.2, 0.25) is 0 Å². The zero-order valence-electron chi connectivity index (χ0n) is 8.67. The van der Waals surface area contributed by atoms with Crippen molar-refractivity contribution in [3.05, 3.63) is 30.1 Å². The molecule has 0 bridgehead atoms. The number of rotatable bonds is 1. The van der Waals surface area contributed by atoms with Crippen LogP contribution in [0.5, 0.6) is 0 Å². The van der Waals surface area contributed by atoms with Crippen LogP contribution >= 0.6 is 0 Å². The number of amides is 1. The molecule has 1 aromatic heterocycles. The molecule has 1 aromatic rings. The van der Waals surface area contributed by atoms with Crippen LogP contribution in [0.15, 0.2) is 24.4 Å². The molecule has 0 saturated carbocycles. The molecule has 0 aliphatic carbocycles. The maximum Gasteiger partial charge on any atom is 0.272 e. The summed E-state index contributed by atoms with van der Waals surface area (Å²) < 4.78 is 22.4. The minimum atomic E-state index is -2.95. The van der Waals surface area contributed by atoms with Gasteiger partial charge in [-0.05, 0) is 12.1 Å². The van der Waals surface area contributed by atoms with E-state index in [-0.39, 0.29) is 30.5 Å². The first kappa shape index (κ1) is 11.1. The summed E-state index contributed by atoms with van der Waals surface area (Å²) >= 11 is 0. The van der Waals surface area contributed by atoms with Gasteiger partial charge in [0.15, 0.2) is 9.84 Å². The number of pyridine rings is 1. The average molecular weight is 240 g/mol. The lowest BCUT2D eigenvalue weighted by molar-refractivity contribution is 0.0764.